The van der Waals surface area contributed by atoms with Crippen molar-refractivity contribution in [1.29, 1.82) is 0 Å². The Balaban J connectivity index is 2.49. The molecule has 1 aromatic rings. The maximum atomic E-state index is 14.1. The zero-order valence-electron chi connectivity index (χ0n) is 11.2. The summed E-state index contributed by atoms with van der Waals surface area (Å²) in [5.74, 6) is 5.33. The van der Waals surface area contributed by atoms with Gasteiger partial charge in [-0.25, -0.2) is 4.39 Å². The van der Waals surface area contributed by atoms with E-state index in [-0.39, 0.29) is 11.3 Å². The maximum absolute atomic E-state index is 14.1. The van der Waals surface area contributed by atoms with E-state index in [1.807, 2.05) is 0 Å². The van der Waals surface area contributed by atoms with Gasteiger partial charge in [0, 0.05) is 11.1 Å². The van der Waals surface area contributed by atoms with Crippen molar-refractivity contribution in [1.82, 2.24) is 4.98 Å². The van der Waals surface area contributed by atoms with Crippen molar-refractivity contribution in [2.24, 2.45) is 0 Å². The molecule has 0 saturated carbocycles. The number of aliphatic hydroxyl groups excluding tert-OH is 2. The number of aromatic nitrogens is 1. The Morgan fingerprint density at radius 3 is 2.80 bits per heavy atom. The van der Waals surface area contributed by atoms with Crippen LogP contribution in [0, 0.1) is 18.8 Å². The molecule has 2 rings (SSSR count). The number of aliphatic hydroxyl groups is 2. The molecule has 1 fully saturated rings. The van der Waals surface area contributed by atoms with E-state index in [1.54, 1.807) is 13.8 Å². The van der Waals surface area contributed by atoms with Gasteiger partial charge < -0.3 is 19.9 Å². The van der Waals surface area contributed by atoms with Gasteiger partial charge >= 0.3 is 0 Å². The van der Waals surface area contributed by atoms with E-state index in [2.05, 4.69) is 16.8 Å². The molecule has 0 spiro atoms. The van der Waals surface area contributed by atoms with Crippen LogP contribution in [0.25, 0.3) is 0 Å². The summed E-state index contributed by atoms with van der Waals surface area (Å²) in [6, 6.07) is 1.50. The largest absolute Gasteiger partial charge is 0.394 e. The molecule has 1 aromatic heterocycles. The summed E-state index contributed by atoms with van der Waals surface area (Å²) in [6.45, 7) is 2.71. The maximum Gasteiger partial charge on any atom is 0.251 e. The highest BCUT2D eigenvalue weighted by Gasteiger charge is 2.45. The lowest BCUT2D eigenvalue weighted by Crippen LogP contribution is -2.30. The minimum absolute atomic E-state index is 0.265. The summed E-state index contributed by atoms with van der Waals surface area (Å²) in [5.41, 5.74) is 0.735. The number of ether oxygens (including phenoxy) is 1. The fourth-order valence-electron chi connectivity index (χ4n) is 2.23. The number of alkyl halides is 1. The number of hydrogen-bond acceptors (Lipinski definition) is 4. The van der Waals surface area contributed by atoms with E-state index in [0.29, 0.717) is 11.1 Å². The van der Waals surface area contributed by atoms with Crippen LogP contribution in [-0.4, -0.2) is 40.2 Å². The Bertz CT molecular complexity index is 616. The highest BCUT2D eigenvalue weighted by atomic mass is 19.1. The first-order valence-electron chi connectivity index (χ1n) is 6.24. The normalized spacial score (nSPS) is 29.1. The third kappa shape index (κ3) is 2.48. The fraction of sp³-hybridized carbons (Fsp3) is 0.500. The van der Waals surface area contributed by atoms with Gasteiger partial charge in [-0.3, -0.25) is 4.79 Å². The summed E-state index contributed by atoms with van der Waals surface area (Å²) in [5, 5.41) is 18.7. The van der Waals surface area contributed by atoms with Gasteiger partial charge in [-0.2, -0.15) is 0 Å². The Hall–Kier alpha value is -1.68. The number of halogens is 1. The molecule has 3 N–H and O–H groups in total. The molecule has 1 aliphatic rings. The predicted molar refractivity (Wildman–Crippen MR) is 70.0 cm³/mol. The number of H-pyrrole nitrogens is 1. The number of rotatable bonds is 2. The Labute approximate surface area is 115 Å². The first-order chi connectivity index (χ1) is 9.49. The first kappa shape index (κ1) is 14.7. The molecule has 20 heavy (non-hydrogen) atoms. The van der Waals surface area contributed by atoms with E-state index in [1.165, 1.54) is 6.07 Å². The Morgan fingerprint density at radius 1 is 1.55 bits per heavy atom. The second kappa shape index (κ2) is 5.75. The second-order valence-electron chi connectivity index (χ2n) is 4.70. The quantitative estimate of drug-likeness (QED) is 0.676. The molecule has 1 aliphatic heterocycles. The van der Waals surface area contributed by atoms with Crippen LogP contribution in [0.1, 0.15) is 29.8 Å². The zero-order chi connectivity index (χ0) is 14.9. The van der Waals surface area contributed by atoms with Crippen LogP contribution in [0.15, 0.2) is 10.9 Å². The van der Waals surface area contributed by atoms with Crippen molar-refractivity contribution in [2.45, 2.75) is 38.3 Å². The van der Waals surface area contributed by atoms with Gasteiger partial charge in [0.15, 0.2) is 6.17 Å². The molecule has 2 heterocycles. The van der Waals surface area contributed by atoms with Crippen LogP contribution in [0.2, 0.25) is 0 Å². The van der Waals surface area contributed by atoms with Crippen LogP contribution in [0.5, 0.6) is 0 Å². The second-order valence-corrected chi connectivity index (χ2v) is 4.70. The van der Waals surface area contributed by atoms with Crippen molar-refractivity contribution < 1.29 is 19.3 Å². The highest BCUT2D eigenvalue weighted by molar-refractivity contribution is 5.39. The van der Waals surface area contributed by atoms with E-state index >= 15 is 0 Å². The summed E-state index contributed by atoms with van der Waals surface area (Å²) >= 11 is 0. The first-order valence-corrected chi connectivity index (χ1v) is 6.24. The summed E-state index contributed by atoms with van der Waals surface area (Å²) in [7, 11) is 0. The molecule has 1 saturated heterocycles. The molecular weight excluding hydrogens is 265 g/mol. The monoisotopic (exact) mass is 281 g/mol. The van der Waals surface area contributed by atoms with Crippen molar-refractivity contribution in [3.63, 3.8) is 0 Å². The van der Waals surface area contributed by atoms with E-state index in [9.17, 15) is 14.3 Å². The molecule has 6 heteroatoms. The van der Waals surface area contributed by atoms with E-state index in [0.717, 1.165) is 0 Å². The van der Waals surface area contributed by atoms with Crippen molar-refractivity contribution >= 4 is 0 Å². The number of nitrogens with one attached hydrogen (secondary N) is 1. The average Bonchev–Trinajstić information content (AvgIpc) is 2.70. The number of hydrogen-bond donors (Lipinski definition) is 3. The fourth-order valence-corrected chi connectivity index (χ4v) is 2.23. The third-order valence-electron chi connectivity index (χ3n) is 3.31. The SMILES string of the molecule is CC#Cc1[nH]c(=O)c(C)cc1[C@@H]1O[C@H](CO)C(O)[C@@H]1F. The lowest BCUT2D eigenvalue weighted by Gasteiger charge is -2.15. The van der Waals surface area contributed by atoms with E-state index in [4.69, 9.17) is 9.84 Å². The lowest BCUT2D eigenvalue weighted by atomic mass is 10.00. The van der Waals surface area contributed by atoms with Crippen molar-refractivity contribution in [3.05, 3.63) is 33.2 Å². The summed E-state index contributed by atoms with van der Waals surface area (Å²) < 4.78 is 19.5. The van der Waals surface area contributed by atoms with Gasteiger partial charge in [-0.05, 0) is 25.8 Å². The van der Waals surface area contributed by atoms with Gasteiger partial charge in [0.25, 0.3) is 5.56 Å². The van der Waals surface area contributed by atoms with Gasteiger partial charge in [0.1, 0.15) is 18.3 Å². The van der Waals surface area contributed by atoms with Crippen LogP contribution in [0.4, 0.5) is 4.39 Å². The molecule has 0 amide bonds. The van der Waals surface area contributed by atoms with E-state index < -0.39 is 31.1 Å². The zero-order valence-corrected chi connectivity index (χ0v) is 11.2. The summed E-state index contributed by atoms with van der Waals surface area (Å²) in [4.78, 5) is 14.2. The molecule has 0 aromatic carbocycles. The molecule has 4 atom stereocenters. The average molecular weight is 281 g/mol. The van der Waals surface area contributed by atoms with Gasteiger partial charge in [0.05, 0.1) is 12.3 Å². The van der Waals surface area contributed by atoms with Crippen LogP contribution in [0.3, 0.4) is 0 Å². The minimum Gasteiger partial charge on any atom is -0.394 e. The van der Waals surface area contributed by atoms with Crippen molar-refractivity contribution in [3.8, 4) is 11.8 Å². The molecule has 108 valence electrons. The van der Waals surface area contributed by atoms with Crippen LogP contribution < -0.4 is 5.56 Å². The van der Waals surface area contributed by atoms with Gasteiger partial charge in [-0.15, -0.1) is 0 Å². The third-order valence-corrected chi connectivity index (χ3v) is 3.31. The lowest BCUT2D eigenvalue weighted by molar-refractivity contribution is -0.0227. The van der Waals surface area contributed by atoms with Crippen LogP contribution in [-0.2, 0) is 4.74 Å². The van der Waals surface area contributed by atoms with Crippen molar-refractivity contribution in [2.75, 3.05) is 6.61 Å². The molecule has 0 aliphatic carbocycles. The minimum atomic E-state index is -1.69. The smallest absolute Gasteiger partial charge is 0.251 e. The molecule has 0 radical (unpaired) electrons. The summed E-state index contributed by atoms with van der Waals surface area (Å²) in [6.07, 6.45) is -5.13. The Kier molecular flexibility index (Phi) is 4.23. The molecular formula is C14H16FNO4. The van der Waals surface area contributed by atoms with Crippen LogP contribution >= 0.6 is 0 Å². The number of aryl methyl sites for hydroxylation is 1. The van der Waals surface area contributed by atoms with Gasteiger partial charge in [0.2, 0.25) is 0 Å². The predicted octanol–water partition coefficient (Wildman–Crippen LogP) is 0.186. The Morgan fingerprint density at radius 2 is 2.25 bits per heavy atom. The standard InChI is InChI=1S/C14H16FNO4/c1-3-4-9-8(5-7(2)14(19)16-9)13-11(15)12(18)10(6-17)20-13/h5,10-13,17-18H,6H2,1-2H3,(H,16,19)/t10-,11+,12?,13+/m1/s1. The topological polar surface area (TPSA) is 82.6 Å². The molecule has 1 unspecified atom stereocenters. The number of pyridine rings is 1. The highest BCUT2D eigenvalue weighted by Crippen LogP contribution is 2.36. The molecule has 5 nitrogen and oxygen atoms in total. The number of aromatic amines is 1. The molecule has 0 bridgehead atoms. The van der Waals surface area contributed by atoms with Gasteiger partial charge in [-0.1, -0.05) is 5.92 Å².